The standard InChI is InChI=1S/C17H23F7O7.C6H14N2.H2O.Pt/c1-14(2,13(27)31-9-8-30-7-6-29-5-4-28-3)11(25)10-12(26)15(18,19)16(20,21)17(22,23)24;7-5-3-1-2-4-6(5)8;;/h4-10H2,1-3H3;5-6H,1-4,7-8H2;1H2;/q;;;+1/p-1/t;5-,6-;;/m.1../s1. The number of esters is 1. The van der Waals surface area contributed by atoms with Gasteiger partial charge in [-0.3, -0.25) is 14.4 Å². The first-order valence-corrected chi connectivity index (χ1v) is 13.2. The topological polar surface area (TPSA) is 160 Å². The quantitative estimate of drug-likeness (QED) is 0.0972. The van der Waals surface area contributed by atoms with Gasteiger partial charge in [0, 0.05) is 19.2 Å². The second kappa shape index (κ2) is 19.9. The molecule has 0 heterocycles. The predicted molar refractivity (Wildman–Crippen MR) is 125 cm³/mol. The van der Waals surface area contributed by atoms with E-state index < -0.39 is 47.4 Å². The Bertz CT molecular complexity index is 780. The molecular formula is C23H38F7N2O8Pt. The molecule has 247 valence electrons. The van der Waals surface area contributed by atoms with Gasteiger partial charge in [-0.2, -0.15) is 30.7 Å². The molecule has 0 aromatic heterocycles. The van der Waals surface area contributed by atoms with Crippen LogP contribution in [0.15, 0.2) is 0 Å². The Kier molecular flexibility index (Phi) is 20.3. The van der Waals surface area contributed by atoms with Crippen LogP contribution in [0.2, 0.25) is 0 Å². The normalized spacial score (nSPS) is 17.9. The van der Waals surface area contributed by atoms with Gasteiger partial charge in [-0.25, -0.2) is 0 Å². The van der Waals surface area contributed by atoms with E-state index in [-0.39, 0.29) is 38.5 Å². The molecule has 1 rings (SSSR count). The summed E-state index contributed by atoms with van der Waals surface area (Å²) in [5, 5.41) is 0. The van der Waals surface area contributed by atoms with Crippen molar-refractivity contribution < 1.29 is 88.0 Å². The average Bonchev–Trinajstić information content (AvgIpc) is 2.89. The van der Waals surface area contributed by atoms with Crippen molar-refractivity contribution in [2.24, 2.45) is 16.9 Å². The van der Waals surface area contributed by atoms with Crippen molar-refractivity contribution in [1.82, 2.24) is 0 Å². The van der Waals surface area contributed by atoms with Crippen LogP contribution in [0.3, 0.4) is 0 Å². The third kappa shape index (κ3) is 14.2. The van der Waals surface area contributed by atoms with E-state index in [4.69, 9.17) is 29.4 Å². The number of methoxy groups -OCH3 is 1. The summed E-state index contributed by atoms with van der Waals surface area (Å²) in [5.41, 5.74) is 9.05. The molecule has 1 saturated carbocycles. The summed E-state index contributed by atoms with van der Waals surface area (Å²) >= 11 is 1.14. The fourth-order valence-electron chi connectivity index (χ4n) is 2.97. The van der Waals surface area contributed by atoms with Gasteiger partial charge >= 0.3 is 47.9 Å². The van der Waals surface area contributed by atoms with E-state index in [1.165, 1.54) is 20.0 Å². The molecule has 18 heteroatoms. The molecule has 0 amide bonds. The van der Waals surface area contributed by atoms with Crippen LogP contribution in [0.1, 0.15) is 46.0 Å². The predicted octanol–water partition coefficient (Wildman–Crippen LogP) is 2.25. The minimum atomic E-state index is -6.72. The third-order valence-corrected chi connectivity index (χ3v) is 5.77. The summed E-state index contributed by atoms with van der Waals surface area (Å²) in [5.74, 6) is -18.8. The van der Waals surface area contributed by atoms with Crippen LogP contribution in [0.4, 0.5) is 30.7 Å². The Balaban J connectivity index is 0. The Morgan fingerprint density at radius 1 is 0.780 bits per heavy atom. The van der Waals surface area contributed by atoms with Gasteiger partial charge in [-0.1, -0.05) is 12.8 Å². The van der Waals surface area contributed by atoms with Crippen molar-refractivity contribution in [3.05, 3.63) is 0 Å². The fourth-order valence-corrected chi connectivity index (χ4v) is 2.97. The monoisotopic (exact) mass is 798 g/mol. The second-order valence-electron chi connectivity index (χ2n) is 9.26. The molecule has 1 fully saturated rings. The number of carbonyl (C=O) groups excluding carboxylic acids is 3. The van der Waals surface area contributed by atoms with Crippen LogP contribution in [0.25, 0.3) is 0 Å². The van der Waals surface area contributed by atoms with Crippen molar-refractivity contribution in [2.45, 2.75) is 76.1 Å². The Hall–Kier alpha value is -1.23. The van der Waals surface area contributed by atoms with Crippen molar-refractivity contribution >= 4 is 17.5 Å². The molecule has 0 aliphatic heterocycles. The van der Waals surface area contributed by atoms with Gasteiger partial charge in [0.2, 0.25) is 5.78 Å². The summed E-state index contributed by atoms with van der Waals surface area (Å²) in [4.78, 5) is 35.2. The molecular weight excluding hydrogens is 760 g/mol. The van der Waals surface area contributed by atoms with E-state index in [0.29, 0.717) is 13.2 Å². The molecule has 5 N–H and O–H groups in total. The molecule has 0 unspecified atom stereocenters. The molecule has 0 aromatic rings. The van der Waals surface area contributed by atoms with Gasteiger partial charge in [0.1, 0.15) is 12.0 Å². The van der Waals surface area contributed by atoms with Crippen LogP contribution in [-0.4, -0.2) is 98.2 Å². The first-order valence-electron chi connectivity index (χ1n) is 12.2. The molecule has 41 heavy (non-hydrogen) atoms. The summed E-state index contributed by atoms with van der Waals surface area (Å²) in [6, 6.07) is 0.562. The number of ketones is 2. The molecule has 0 radical (unpaired) electrons. The van der Waals surface area contributed by atoms with E-state index >= 15 is 0 Å². The Morgan fingerprint density at radius 3 is 1.59 bits per heavy atom. The van der Waals surface area contributed by atoms with Gasteiger partial charge in [-0.15, -0.1) is 0 Å². The van der Waals surface area contributed by atoms with Crippen LogP contribution in [0.5, 0.6) is 0 Å². The summed E-state index contributed by atoms with van der Waals surface area (Å²) in [6.45, 7) is 2.20. The van der Waals surface area contributed by atoms with Crippen molar-refractivity contribution in [1.29, 1.82) is 0 Å². The average molecular weight is 799 g/mol. The zero-order valence-corrected chi connectivity index (χ0v) is 25.1. The number of Topliss-reactive ketones (excluding diaryl/α,β-unsaturated/α-hetero) is 2. The summed E-state index contributed by atoms with van der Waals surface area (Å²) in [6.07, 6.45) is -3.96. The summed E-state index contributed by atoms with van der Waals surface area (Å²) < 4.78 is 115. The number of ether oxygens (including phenoxy) is 4. The third-order valence-electron chi connectivity index (χ3n) is 5.77. The number of halogens is 7. The number of hydrogen-bond acceptors (Lipinski definition) is 10. The molecule has 0 spiro atoms. The van der Waals surface area contributed by atoms with E-state index in [1.807, 2.05) is 0 Å². The van der Waals surface area contributed by atoms with Gasteiger partial charge < -0.3 is 30.4 Å². The zero-order valence-electron chi connectivity index (χ0n) is 22.9. The number of carbonyl (C=O) groups is 3. The van der Waals surface area contributed by atoms with Gasteiger partial charge in [0.25, 0.3) is 0 Å². The Labute approximate surface area is 245 Å². The molecule has 1 aliphatic rings. The maximum atomic E-state index is 13.3. The molecule has 10 nitrogen and oxygen atoms in total. The van der Waals surface area contributed by atoms with Crippen molar-refractivity contribution in [3.63, 3.8) is 0 Å². The molecule has 0 bridgehead atoms. The molecule has 0 saturated heterocycles. The summed E-state index contributed by atoms with van der Waals surface area (Å²) in [7, 11) is 1.49. The molecule has 0 aromatic carbocycles. The number of rotatable bonds is 15. The van der Waals surface area contributed by atoms with E-state index in [2.05, 4.69) is 4.74 Å². The number of nitrogens with two attached hydrogens (primary N) is 2. The number of hydrogen-bond donors (Lipinski definition) is 3. The second-order valence-corrected chi connectivity index (χ2v) is 9.26. The molecule has 2 atom stereocenters. The van der Waals surface area contributed by atoms with Crippen molar-refractivity contribution in [3.8, 4) is 0 Å². The van der Waals surface area contributed by atoms with Gasteiger partial charge in [0.05, 0.1) is 39.5 Å². The SMILES string of the molecule is COCCOCCOCCOC(=O)C(C)(C)C(=O)CC(=O)C(F)(F)C(F)(F)C(F)(F)F.N[C@@H]1CCCC[C@H]1N.[OH][Pt]. The molecule has 1 aliphatic carbocycles. The van der Waals surface area contributed by atoms with Gasteiger partial charge in [0.15, 0.2) is 5.78 Å². The van der Waals surface area contributed by atoms with Gasteiger partial charge in [-0.05, 0) is 26.7 Å². The van der Waals surface area contributed by atoms with E-state index in [9.17, 15) is 45.1 Å². The van der Waals surface area contributed by atoms with Crippen molar-refractivity contribution in [2.75, 3.05) is 46.8 Å². The zero-order chi connectivity index (χ0) is 32.5. The first-order chi connectivity index (χ1) is 18.8. The maximum absolute atomic E-state index is 13.3. The minimum absolute atomic E-state index is 0.126. The number of alkyl halides is 7. The fraction of sp³-hybridized carbons (Fsp3) is 0.870. The van der Waals surface area contributed by atoms with Crippen LogP contribution in [-0.2, 0) is 53.5 Å². The van der Waals surface area contributed by atoms with Crippen LogP contribution >= 0.6 is 0 Å². The van der Waals surface area contributed by atoms with Crippen LogP contribution < -0.4 is 11.5 Å². The van der Waals surface area contributed by atoms with E-state index in [0.717, 1.165) is 46.9 Å². The Morgan fingerprint density at radius 2 is 1.20 bits per heavy atom. The van der Waals surface area contributed by atoms with E-state index in [1.54, 1.807) is 0 Å². The first kappa shape index (κ1) is 41.9. The van der Waals surface area contributed by atoms with Crippen LogP contribution in [0, 0.1) is 5.41 Å².